The number of carboxylic acids is 1. The van der Waals surface area contributed by atoms with Crippen LogP contribution in [0.2, 0.25) is 0 Å². The number of nitrogens with one attached hydrogen (secondary N) is 1. The highest BCUT2D eigenvalue weighted by atomic mass is 19.1. The quantitative estimate of drug-likeness (QED) is 0.853. The van der Waals surface area contributed by atoms with E-state index in [1.807, 2.05) is 0 Å². The van der Waals surface area contributed by atoms with Gasteiger partial charge in [0.2, 0.25) is 0 Å². The molecule has 0 unspecified atom stereocenters. The van der Waals surface area contributed by atoms with E-state index in [1.165, 1.54) is 33.1 Å². The summed E-state index contributed by atoms with van der Waals surface area (Å²) in [6.07, 6.45) is 0. The topological polar surface area (TPSA) is 75.6 Å². The number of methoxy groups -OCH3 is 1. The summed E-state index contributed by atoms with van der Waals surface area (Å²) >= 11 is 0. The number of ether oxygens (including phenoxy) is 1. The van der Waals surface area contributed by atoms with Gasteiger partial charge in [-0.1, -0.05) is 6.07 Å². The average Bonchev–Trinajstić information content (AvgIpc) is 2.27. The van der Waals surface area contributed by atoms with Crippen molar-refractivity contribution in [3.63, 3.8) is 0 Å². The molecule has 0 aliphatic heterocycles. The Labute approximate surface area is 104 Å². The lowest BCUT2D eigenvalue weighted by Gasteiger charge is -2.21. The van der Waals surface area contributed by atoms with Crippen LogP contribution in [0.5, 0.6) is 5.75 Å². The standard InChI is InChI=1S/C12H14FNO4/c1-12(2,11(16)17)14-10(15)9-7(13)5-4-6-8(9)18-3/h4-6H,1-3H3,(H,14,15)(H,16,17). The Morgan fingerprint density at radius 1 is 1.39 bits per heavy atom. The number of rotatable bonds is 4. The Morgan fingerprint density at radius 3 is 2.50 bits per heavy atom. The predicted octanol–water partition coefficient (Wildman–Crippen LogP) is 1.43. The summed E-state index contributed by atoms with van der Waals surface area (Å²) in [5, 5.41) is 11.1. The molecule has 1 aromatic rings. The highest BCUT2D eigenvalue weighted by molar-refractivity contribution is 6.00. The second-order valence-corrected chi connectivity index (χ2v) is 4.20. The molecule has 0 fully saturated rings. The first-order valence-corrected chi connectivity index (χ1v) is 5.18. The average molecular weight is 255 g/mol. The van der Waals surface area contributed by atoms with E-state index in [2.05, 4.69) is 5.32 Å². The maximum Gasteiger partial charge on any atom is 0.328 e. The molecule has 0 saturated heterocycles. The lowest BCUT2D eigenvalue weighted by atomic mass is 10.0. The second kappa shape index (κ2) is 5.03. The van der Waals surface area contributed by atoms with Gasteiger partial charge in [0.05, 0.1) is 7.11 Å². The van der Waals surface area contributed by atoms with Gasteiger partial charge >= 0.3 is 5.97 Å². The third-order valence-electron chi connectivity index (χ3n) is 2.38. The molecule has 18 heavy (non-hydrogen) atoms. The van der Waals surface area contributed by atoms with Crippen LogP contribution in [0.3, 0.4) is 0 Å². The molecule has 1 rings (SSSR count). The summed E-state index contributed by atoms with van der Waals surface area (Å²) < 4.78 is 18.4. The van der Waals surface area contributed by atoms with Crippen molar-refractivity contribution in [2.24, 2.45) is 0 Å². The molecule has 98 valence electrons. The van der Waals surface area contributed by atoms with Crippen LogP contribution in [0.1, 0.15) is 24.2 Å². The number of carboxylic acid groups (broad SMARTS) is 1. The molecule has 2 N–H and O–H groups in total. The molecule has 0 bridgehead atoms. The number of benzene rings is 1. The number of halogens is 1. The van der Waals surface area contributed by atoms with E-state index in [0.717, 1.165) is 6.07 Å². The zero-order valence-corrected chi connectivity index (χ0v) is 10.3. The van der Waals surface area contributed by atoms with Gasteiger partial charge in [-0.2, -0.15) is 0 Å². The number of carbonyl (C=O) groups excluding carboxylic acids is 1. The summed E-state index contributed by atoms with van der Waals surface area (Å²) in [6, 6.07) is 3.92. The van der Waals surface area contributed by atoms with Crippen LogP contribution in [0.25, 0.3) is 0 Å². The molecule has 0 saturated carbocycles. The number of carbonyl (C=O) groups is 2. The Morgan fingerprint density at radius 2 is 2.00 bits per heavy atom. The summed E-state index contributed by atoms with van der Waals surface area (Å²) in [7, 11) is 1.30. The van der Waals surface area contributed by atoms with Gasteiger partial charge in [0.1, 0.15) is 22.7 Å². The van der Waals surface area contributed by atoms with Gasteiger partial charge in [0.25, 0.3) is 5.91 Å². The summed E-state index contributed by atoms with van der Waals surface area (Å²) in [5.74, 6) is -2.77. The van der Waals surface area contributed by atoms with Gasteiger partial charge in [0, 0.05) is 0 Å². The highest BCUT2D eigenvalue weighted by Crippen LogP contribution is 2.21. The largest absolute Gasteiger partial charge is 0.496 e. The third-order valence-corrected chi connectivity index (χ3v) is 2.38. The third kappa shape index (κ3) is 2.77. The summed E-state index contributed by atoms with van der Waals surface area (Å²) in [5.41, 5.74) is -1.81. The zero-order chi connectivity index (χ0) is 13.9. The fourth-order valence-corrected chi connectivity index (χ4v) is 1.29. The molecular weight excluding hydrogens is 241 g/mol. The van der Waals surface area contributed by atoms with E-state index in [4.69, 9.17) is 9.84 Å². The van der Waals surface area contributed by atoms with Crippen molar-refractivity contribution in [3.05, 3.63) is 29.6 Å². The van der Waals surface area contributed by atoms with Crippen molar-refractivity contribution < 1.29 is 23.8 Å². The molecule has 1 aromatic carbocycles. The van der Waals surface area contributed by atoms with Crippen molar-refractivity contribution in [3.8, 4) is 5.75 Å². The number of amides is 1. The minimum Gasteiger partial charge on any atom is -0.496 e. The second-order valence-electron chi connectivity index (χ2n) is 4.20. The van der Waals surface area contributed by atoms with Crippen molar-refractivity contribution in [2.45, 2.75) is 19.4 Å². The molecule has 0 heterocycles. The molecule has 0 radical (unpaired) electrons. The van der Waals surface area contributed by atoms with E-state index in [9.17, 15) is 14.0 Å². The zero-order valence-electron chi connectivity index (χ0n) is 10.3. The number of aliphatic carboxylic acids is 1. The highest BCUT2D eigenvalue weighted by Gasteiger charge is 2.31. The van der Waals surface area contributed by atoms with Gasteiger partial charge < -0.3 is 15.2 Å². The Balaban J connectivity index is 3.09. The molecule has 0 atom stereocenters. The first-order chi connectivity index (χ1) is 8.29. The van der Waals surface area contributed by atoms with Gasteiger partial charge in [-0.25, -0.2) is 9.18 Å². The maximum absolute atomic E-state index is 13.6. The van der Waals surface area contributed by atoms with E-state index >= 15 is 0 Å². The van der Waals surface area contributed by atoms with Crippen LogP contribution < -0.4 is 10.1 Å². The SMILES string of the molecule is COc1cccc(F)c1C(=O)NC(C)(C)C(=O)O. The Kier molecular flexibility index (Phi) is 3.90. The van der Waals surface area contributed by atoms with E-state index < -0.39 is 23.2 Å². The minimum atomic E-state index is -1.50. The first-order valence-electron chi connectivity index (χ1n) is 5.18. The Bertz CT molecular complexity index is 485. The van der Waals surface area contributed by atoms with Gasteiger partial charge in [0.15, 0.2) is 0 Å². The molecule has 6 heteroatoms. The van der Waals surface area contributed by atoms with E-state index in [0.29, 0.717) is 0 Å². The van der Waals surface area contributed by atoms with Crippen LogP contribution >= 0.6 is 0 Å². The minimum absolute atomic E-state index is 0.0497. The lowest BCUT2D eigenvalue weighted by Crippen LogP contribution is -2.49. The number of hydrogen-bond donors (Lipinski definition) is 2. The monoisotopic (exact) mass is 255 g/mol. The van der Waals surface area contributed by atoms with Crippen molar-refractivity contribution >= 4 is 11.9 Å². The Hall–Kier alpha value is -2.11. The summed E-state index contributed by atoms with van der Waals surface area (Å²) in [4.78, 5) is 22.8. The molecule has 0 aromatic heterocycles. The maximum atomic E-state index is 13.6. The molecule has 1 amide bonds. The van der Waals surface area contributed by atoms with Crippen LogP contribution in [0, 0.1) is 5.82 Å². The van der Waals surface area contributed by atoms with Crippen LogP contribution in [-0.4, -0.2) is 29.6 Å². The van der Waals surface area contributed by atoms with Crippen molar-refractivity contribution in [1.29, 1.82) is 0 Å². The predicted molar refractivity (Wildman–Crippen MR) is 62.1 cm³/mol. The fraction of sp³-hybridized carbons (Fsp3) is 0.333. The molecule has 0 aliphatic carbocycles. The van der Waals surface area contributed by atoms with Crippen LogP contribution in [0.4, 0.5) is 4.39 Å². The van der Waals surface area contributed by atoms with Gasteiger partial charge in [-0.3, -0.25) is 4.79 Å². The summed E-state index contributed by atoms with van der Waals surface area (Å²) in [6.45, 7) is 2.61. The molecule has 0 spiro atoms. The van der Waals surface area contributed by atoms with Crippen molar-refractivity contribution in [2.75, 3.05) is 7.11 Å². The molecule has 5 nitrogen and oxygen atoms in total. The van der Waals surface area contributed by atoms with Crippen molar-refractivity contribution in [1.82, 2.24) is 5.32 Å². The molecule has 0 aliphatic rings. The van der Waals surface area contributed by atoms with E-state index in [-0.39, 0.29) is 11.3 Å². The normalized spacial score (nSPS) is 10.9. The molecular formula is C12H14FNO4. The van der Waals surface area contributed by atoms with Gasteiger partial charge in [-0.05, 0) is 26.0 Å². The van der Waals surface area contributed by atoms with E-state index in [1.54, 1.807) is 0 Å². The van der Waals surface area contributed by atoms with Gasteiger partial charge in [-0.15, -0.1) is 0 Å². The fourth-order valence-electron chi connectivity index (χ4n) is 1.29. The lowest BCUT2D eigenvalue weighted by molar-refractivity contribution is -0.143. The first kappa shape index (κ1) is 14.0. The smallest absolute Gasteiger partial charge is 0.328 e. The van der Waals surface area contributed by atoms with Crippen LogP contribution in [-0.2, 0) is 4.79 Å². The van der Waals surface area contributed by atoms with Crippen LogP contribution in [0.15, 0.2) is 18.2 Å². The number of hydrogen-bond acceptors (Lipinski definition) is 3.